The van der Waals surface area contributed by atoms with E-state index in [1.807, 2.05) is 33.5 Å². The summed E-state index contributed by atoms with van der Waals surface area (Å²) >= 11 is 0. The lowest BCUT2D eigenvalue weighted by Crippen LogP contribution is -2.31. The fraction of sp³-hybridized carbons (Fsp3) is 1.00. The van der Waals surface area contributed by atoms with E-state index >= 15 is 0 Å². The quantitative estimate of drug-likeness (QED) is 0.665. The Kier molecular flexibility index (Phi) is 3.93. The van der Waals surface area contributed by atoms with Gasteiger partial charge in [0.2, 0.25) is 8.32 Å². The summed E-state index contributed by atoms with van der Waals surface area (Å²) in [7, 11) is -5.22. The highest BCUT2D eigenvalue weighted by Gasteiger charge is 2.24. The fourth-order valence-corrected chi connectivity index (χ4v) is 4.96. The summed E-state index contributed by atoms with van der Waals surface area (Å²) in [5.41, 5.74) is 0. The molecular weight excluding hydrogens is 192 g/mol. The predicted molar refractivity (Wildman–Crippen MR) is 53.1 cm³/mol. The molecule has 0 aromatic rings. The Morgan fingerprint density at radius 3 is 1.92 bits per heavy atom. The maximum Gasteiger partial charge on any atom is 0.258 e. The van der Waals surface area contributed by atoms with Gasteiger partial charge in [-0.2, -0.15) is 0 Å². The largest absolute Gasteiger partial charge is 0.315 e. The van der Waals surface area contributed by atoms with Gasteiger partial charge in [0.1, 0.15) is 0 Å². The maximum absolute atomic E-state index is 11.3. The zero-order chi connectivity index (χ0) is 9.99. The van der Waals surface area contributed by atoms with E-state index in [-0.39, 0.29) is 11.7 Å². The molecule has 0 heterocycles. The van der Waals surface area contributed by atoms with Crippen molar-refractivity contribution in [2.45, 2.75) is 33.5 Å². The Labute approximate surface area is 76.4 Å². The number of hydrogen-bond donors (Lipinski definition) is 0. The van der Waals surface area contributed by atoms with Gasteiger partial charge in [-0.3, -0.25) is 0 Å². The van der Waals surface area contributed by atoms with Crippen molar-refractivity contribution in [3.8, 4) is 0 Å². The molecule has 0 radical (unpaired) electrons. The summed E-state index contributed by atoms with van der Waals surface area (Å²) in [6, 6.07) is 0. The molecule has 5 heteroatoms. The van der Waals surface area contributed by atoms with Gasteiger partial charge >= 0.3 is 0 Å². The number of hydrogen-bond acceptors (Lipinski definition) is 3. The third-order valence-electron chi connectivity index (χ3n) is 0.914. The van der Waals surface area contributed by atoms with Gasteiger partial charge in [-0.15, -0.1) is 0 Å². The molecular formula is C7H18O3SSi. The molecule has 0 spiro atoms. The second-order valence-electron chi connectivity index (χ2n) is 4.31. The van der Waals surface area contributed by atoms with Crippen molar-refractivity contribution in [1.29, 1.82) is 0 Å². The molecule has 0 N–H and O–H groups in total. The van der Waals surface area contributed by atoms with Crippen molar-refractivity contribution in [3.63, 3.8) is 0 Å². The highest BCUT2D eigenvalue weighted by atomic mass is 32.2. The Bertz CT molecular complexity index is 226. The smallest absolute Gasteiger partial charge is 0.258 e. The SMILES string of the molecule is CC(C)CS(=O)(=O)O[Si](C)(C)C. The number of rotatable bonds is 4. The third kappa shape index (κ3) is 6.81. The van der Waals surface area contributed by atoms with Crippen LogP contribution in [0.25, 0.3) is 0 Å². The highest BCUT2D eigenvalue weighted by molar-refractivity contribution is 7.87. The van der Waals surface area contributed by atoms with Crippen LogP contribution in [0.1, 0.15) is 13.8 Å². The van der Waals surface area contributed by atoms with Gasteiger partial charge < -0.3 is 3.87 Å². The summed E-state index contributed by atoms with van der Waals surface area (Å²) in [6.07, 6.45) is 0. The average molecular weight is 210 g/mol. The lowest BCUT2D eigenvalue weighted by molar-refractivity contribution is 0.476. The normalized spacial score (nSPS) is 13.8. The molecule has 12 heavy (non-hydrogen) atoms. The minimum absolute atomic E-state index is 0.122. The zero-order valence-corrected chi connectivity index (χ0v) is 10.2. The fourth-order valence-electron chi connectivity index (χ4n) is 0.823. The zero-order valence-electron chi connectivity index (χ0n) is 8.42. The molecule has 0 unspecified atom stereocenters. The Morgan fingerprint density at radius 1 is 1.25 bits per heavy atom. The Morgan fingerprint density at radius 2 is 1.67 bits per heavy atom. The first-order valence-corrected chi connectivity index (χ1v) is 9.04. The molecule has 3 nitrogen and oxygen atoms in total. The van der Waals surface area contributed by atoms with Gasteiger partial charge in [0.05, 0.1) is 5.75 Å². The van der Waals surface area contributed by atoms with E-state index in [1.54, 1.807) is 0 Å². The van der Waals surface area contributed by atoms with Crippen LogP contribution in [0.4, 0.5) is 0 Å². The van der Waals surface area contributed by atoms with Gasteiger partial charge in [0, 0.05) is 0 Å². The average Bonchev–Trinajstić information content (AvgIpc) is 1.48. The van der Waals surface area contributed by atoms with Crippen LogP contribution in [-0.2, 0) is 14.0 Å². The lowest BCUT2D eigenvalue weighted by Gasteiger charge is -2.17. The lowest BCUT2D eigenvalue weighted by atomic mass is 10.3. The van der Waals surface area contributed by atoms with Crippen LogP contribution in [-0.4, -0.2) is 22.5 Å². The van der Waals surface area contributed by atoms with E-state index in [0.29, 0.717) is 0 Å². The van der Waals surface area contributed by atoms with E-state index in [2.05, 4.69) is 0 Å². The van der Waals surface area contributed by atoms with Crippen molar-refractivity contribution in [3.05, 3.63) is 0 Å². The van der Waals surface area contributed by atoms with E-state index < -0.39 is 18.4 Å². The molecule has 0 saturated heterocycles. The molecule has 0 bridgehead atoms. The first-order chi connectivity index (χ1) is 5.12. The van der Waals surface area contributed by atoms with Crippen LogP contribution in [0.3, 0.4) is 0 Å². The predicted octanol–water partition coefficient (Wildman–Crippen LogP) is 1.82. The van der Waals surface area contributed by atoms with Crippen molar-refractivity contribution in [2.24, 2.45) is 5.92 Å². The summed E-state index contributed by atoms with van der Waals surface area (Å²) in [5, 5.41) is 0. The topological polar surface area (TPSA) is 43.4 Å². The van der Waals surface area contributed by atoms with E-state index in [0.717, 1.165) is 0 Å². The van der Waals surface area contributed by atoms with Gasteiger partial charge in [0.25, 0.3) is 10.1 Å². The monoisotopic (exact) mass is 210 g/mol. The summed E-state index contributed by atoms with van der Waals surface area (Å²) in [4.78, 5) is 0. The molecule has 0 rings (SSSR count). The summed E-state index contributed by atoms with van der Waals surface area (Å²) in [5.74, 6) is 0.253. The highest BCUT2D eigenvalue weighted by Crippen LogP contribution is 2.11. The van der Waals surface area contributed by atoms with E-state index in [1.165, 1.54) is 0 Å². The van der Waals surface area contributed by atoms with Crippen molar-refractivity contribution >= 4 is 18.4 Å². The first kappa shape index (κ1) is 12.1. The van der Waals surface area contributed by atoms with Gasteiger partial charge in [-0.05, 0) is 25.6 Å². The first-order valence-electron chi connectivity index (χ1n) is 4.06. The van der Waals surface area contributed by atoms with Gasteiger partial charge in [-0.25, -0.2) is 8.42 Å². The van der Waals surface area contributed by atoms with Gasteiger partial charge in [-0.1, -0.05) is 13.8 Å². The second kappa shape index (κ2) is 3.89. The maximum atomic E-state index is 11.3. The van der Waals surface area contributed by atoms with Crippen LogP contribution in [0, 0.1) is 5.92 Å². The van der Waals surface area contributed by atoms with E-state index in [4.69, 9.17) is 3.87 Å². The minimum atomic E-state index is -3.28. The van der Waals surface area contributed by atoms with E-state index in [9.17, 15) is 8.42 Å². The minimum Gasteiger partial charge on any atom is -0.315 e. The van der Waals surface area contributed by atoms with Crippen LogP contribution in [0.2, 0.25) is 19.6 Å². The molecule has 0 aliphatic heterocycles. The molecule has 0 atom stereocenters. The molecule has 0 fully saturated rings. The van der Waals surface area contributed by atoms with Crippen molar-refractivity contribution in [2.75, 3.05) is 5.75 Å². The Balaban J connectivity index is 4.26. The second-order valence-corrected chi connectivity index (χ2v) is 10.7. The summed E-state index contributed by atoms with van der Waals surface area (Å²) in [6.45, 7) is 9.33. The third-order valence-corrected chi connectivity index (χ3v) is 5.01. The molecule has 0 aromatic carbocycles. The van der Waals surface area contributed by atoms with Crippen LogP contribution < -0.4 is 0 Å². The van der Waals surface area contributed by atoms with Crippen LogP contribution in [0.15, 0.2) is 0 Å². The van der Waals surface area contributed by atoms with Crippen LogP contribution >= 0.6 is 0 Å². The summed E-state index contributed by atoms with van der Waals surface area (Å²) < 4.78 is 27.6. The standard InChI is InChI=1S/C7H18O3SSi/c1-7(2)6-11(8,9)10-12(3,4)5/h7H,6H2,1-5H3. The Hall–Kier alpha value is 0.127. The molecule has 0 aliphatic rings. The molecule has 0 amide bonds. The van der Waals surface area contributed by atoms with Crippen molar-refractivity contribution in [1.82, 2.24) is 0 Å². The molecule has 0 saturated carbocycles. The molecule has 0 aromatic heterocycles. The van der Waals surface area contributed by atoms with Crippen molar-refractivity contribution < 1.29 is 12.3 Å². The van der Waals surface area contributed by atoms with Gasteiger partial charge in [0.15, 0.2) is 0 Å². The molecule has 0 aliphatic carbocycles. The molecule has 74 valence electrons. The van der Waals surface area contributed by atoms with Crippen LogP contribution in [0.5, 0.6) is 0 Å².